The number of rotatable bonds is 6. The van der Waals surface area contributed by atoms with E-state index < -0.39 is 0 Å². The second-order valence-corrected chi connectivity index (χ2v) is 5.77. The van der Waals surface area contributed by atoms with Gasteiger partial charge in [0.15, 0.2) is 11.5 Å². The molecule has 1 amide bonds. The summed E-state index contributed by atoms with van der Waals surface area (Å²) in [6.07, 6.45) is 1.55. The van der Waals surface area contributed by atoms with E-state index >= 15 is 0 Å². The van der Waals surface area contributed by atoms with Gasteiger partial charge in [-0.05, 0) is 48.5 Å². The lowest BCUT2D eigenvalue weighted by molar-refractivity contribution is 0.102. The normalized spacial score (nSPS) is 9.89. The smallest absolute Gasteiger partial charge is 0.255 e. The molecule has 0 aliphatic rings. The third kappa shape index (κ3) is 4.37. The van der Waals surface area contributed by atoms with Crippen molar-refractivity contribution in [1.29, 1.82) is 5.26 Å². The fourth-order valence-electron chi connectivity index (χ4n) is 2.54. The van der Waals surface area contributed by atoms with Crippen molar-refractivity contribution in [1.82, 2.24) is 4.98 Å². The number of methoxy groups -OCH3 is 2. The van der Waals surface area contributed by atoms with Gasteiger partial charge in [-0.25, -0.2) is 4.98 Å². The zero-order valence-corrected chi connectivity index (χ0v) is 15.4. The Morgan fingerprint density at radius 2 is 1.82 bits per heavy atom. The van der Waals surface area contributed by atoms with Crippen LogP contribution in [0, 0.1) is 11.3 Å². The fourth-order valence-corrected chi connectivity index (χ4v) is 2.54. The largest absolute Gasteiger partial charge is 0.493 e. The van der Waals surface area contributed by atoms with Crippen molar-refractivity contribution in [2.75, 3.05) is 24.9 Å². The number of ether oxygens (including phenoxy) is 2. The minimum Gasteiger partial charge on any atom is -0.493 e. The monoisotopic (exact) mass is 374 g/mol. The zero-order chi connectivity index (χ0) is 19.9. The Hall–Kier alpha value is -4.05. The van der Waals surface area contributed by atoms with Gasteiger partial charge in [-0.1, -0.05) is 6.07 Å². The summed E-state index contributed by atoms with van der Waals surface area (Å²) in [5.74, 6) is 1.34. The van der Waals surface area contributed by atoms with Gasteiger partial charge < -0.3 is 20.1 Å². The number of nitrogens with zero attached hydrogens (tertiary/aromatic N) is 2. The van der Waals surface area contributed by atoms with Gasteiger partial charge in [0.25, 0.3) is 5.91 Å². The van der Waals surface area contributed by atoms with E-state index in [4.69, 9.17) is 14.7 Å². The summed E-state index contributed by atoms with van der Waals surface area (Å²) in [5.41, 5.74) is 2.31. The van der Waals surface area contributed by atoms with Crippen LogP contribution in [-0.4, -0.2) is 25.1 Å². The highest BCUT2D eigenvalue weighted by atomic mass is 16.5. The predicted molar refractivity (Wildman–Crippen MR) is 106 cm³/mol. The molecule has 28 heavy (non-hydrogen) atoms. The number of benzene rings is 2. The number of amides is 1. The molecule has 0 saturated carbocycles. The van der Waals surface area contributed by atoms with Crippen molar-refractivity contribution in [2.24, 2.45) is 0 Å². The van der Waals surface area contributed by atoms with E-state index in [0.717, 1.165) is 5.69 Å². The van der Waals surface area contributed by atoms with Crippen molar-refractivity contribution in [3.05, 3.63) is 71.9 Å². The highest BCUT2D eigenvalue weighted by Gasteiger charge is 2.11. The molecule has 0 atom stereocenters. The summed E-state index contributed by atoms with van der Waals surface area (Å²) >= 11 is 0. The van der Waals surface area contributed by atoms with E-state index in [9.17, 15) is 4.79 Å². The Morgan fingerprint density at radius 1 is 1.00 bits per heavy atom. The van der Waals surface area contributed by atoms with Crippen LogP contribution >= 0.6 is 0 Å². The van der Waals surface area contributed by atoms with Crippen LogP contribution in [0.5, 0.6) is 11.5 Å². The number of pyridine rings is 1. The molecule has 1 aromatic heterocycles. The van der Waals surface area contributed by atoms with E-state index in [2.05, 4.69) is 21.7 Å². The fraction of sp³-hybridized carbons (Fsp3) is 0.0952. The topological polar surface area (TPSA) is 96.3 Å². The maximum Gasteiger partial charge on any atom is 0.255 e. The van der Waals surface area contributed by atoms with Gasteiger partial charge in [-0.3, -0.25) is 4.79 Å². The van der Waals surface area contributed by atoms with Crippen LogP contribution in [0.25, 0.3) is 0 Å². The maximum absolute atomic E-state index is 12.4. The highest BCUT2D eigenvalue weighted by molar-refractivity contribution is 6.04. The molecule has 0 radical (unpaired) electrons. The molecular formula is C21H18N4O3. The van der Waals surface area contributed by atoms with Crippen molar-refractivity contribution in [2.45, 2.75) is 0 Å². The predicted octanol–water partition coefficient (Wildman–Crippen LogP) is 3.97. The van der Waals surface area contributed by atoms with E-state index in [0.29, 0.717) is 34.1 Å². The minimum atomic E-state index is -0.287. The van der Waals surface area contributed by atoms with Gasteiger partial charge in [0, 0.05) is 11.3 Å². The molecular weight excluding hydrogens is 356 g/mol. The van der Waals surface area contributed by atoms with Crippen molar-refractivity contribution in [3.63, 3.8) is 0 Å². The molecule has 140 valence electrons. The summed E-state index contributed by atoms with van der Waals surface area (Å²) in [6.45, 7) is 0. The third-order valence-corrected chi connectivity index (χ3v) is 3.93. The summed E-state index contributed by atoms with van der Waals surface area (Å²) in [6, 6.07) is 17.6. The van der Waals surface area contributed by atoms with Gasteiger partial charge in [0.2, 0.25) is 0 Å². The van der Waals surface area contributed by atoms with Gasteiger partial charge >= 0.3 is 0 Å². The number of nitrogens with one attached hydrogen (secondary N) is 2. The first kappa shape index (κ1) is 18.7. The summed E-state index contributed by atoms with van der Waals surface area (Å²) in [4.78, 5) is 16.7. The lowest BCUT2D eigenvalue weighted by Gasteiger charge is -2.10. The Bertz CT molecular complexity index is 1030. The quantitative estimate of drug-likeness (QED) is 0.678. The van der Waals surface area contributed by atoms with E-state index in [1.165, 1.54) is 14.2 Å². The average molecular weight is 374 g/mol. The van der Waals surface area contributed by atoms with Crippen LogP contribution in [0.1, 0.15) is 15.9 Å². The molecule has 0 aliphatic heterocycles. The second-order valence-electron chi connectivity index (χ2n) is 5.77. The lowest BCUT2D eigenvalue weighted by atomic mass is 10.2. The number of anilines is 3. The summed E-state index contributed by atoms with van der Waals surface area (Å²) in [5, 5.41) is 14.9. The number of nitriles is 1. The molecule has 0 unspecified atom stereocenters. The molecule has 3 aromatic rings. The molecule has 7 nitrogen and oxygen atoms in total. The molecule has 2 N–H and O–H groups in total. The Kier molecular flexibility index (Phi) is 5.72. The maximum atomic E-state index is 12.4. The molecule has 0 spiro atoms. The van der Waals surface area contributed by atoms with Crippen molar-refractivity contribution >= 4 is 23.1 Å². The van der Waals surface area contributed by atoms with Crippen molar-refractivity contribution < 1.29 is 14.3 Å². The Morgan fingerprint density at radius 3 is 2.50 bits per heavy atom. The molecule has 0 aliphatic carbocycles. The molecule has 2 aromatic carbocycles. The molecule has 7 heteroatoms. The Balaban J connectivity index is 1.68. The van der Waals surface area contributed by atoms with E-state index in [-0.39, 0.29) is 5.91 Å². The number of carbonyl (C=O) groups excluding carboxylic acids is 1. The van der Waals surface area contributed by atoms with Gasteiger partial charge in [-0.15, -0.1) is 0 Å². The van der Waals surface area contributed by atoms with Gasteiger partial charge in [0.05, 0.1) is 37.7 Å². The molecule has 3 rings (SSSR count). The zero-order valence-electron chi connectivity index (χ0n) is 15.4. The lowest BCUT2D eigenvalue weighted by Crippen LogP contribution is -2.12. The molecule has 0 fully saturated rings. The van der Waals surface area contributed by atoms with Crippen LogP contribution in [0.2, 0.25) is 0 Å². The van der Waals surface area contributed by atoms with E-state index in [1.54, 1.807) is 54.7 Å². The van der Waals surface area contributed by atoms with Crippen LogP contribution in [0.15, 0.2) is 60.8 Å². The number of hydrogen-bond acceptors (Lipinski definition) is 6. The van der Waals surface area contributed by atoms with Gasteiger partial charge in [-0.2, -0.15) is 5.26 Å². The standard InChI is InChI=1S/C21H18N4O3/c1-27-18-8-6-15(11-19(18)28-2)21(26)25-17-7-9-20(23-13-17)24-16-5-3-4-14(10-16)12-22/h3-11,13H,1-2H3,(H,23,24)(H,25,26). The van der Waals surface area contributed by atoms with E-state index in [1.807, 2.05) is 6.07 Å². The van der Waals surface area contributed by atoms with Crippen LogP contribution in [-0.2, 0) is 0 Å². The SMILES string of the molecule is COc1ccc(C(=O)Nc2ccc(Nc3cccc(C#N)c3)nc2)cc1OC. The number of carbonyl (C=O) groups is 1. The van der Waals surface area contributed by atoms with Crippen LogP contribution in [0.4, 0.5) is 17.2 Å². The summed E-state index contributed by atoms with van der Waals surface area (Å²) < 4.78 is 10.4. The number of aromatic nitrogens is 1. The van der Waals surface area contributed by atoms with Crippen LogP contribution in [0.3, 0.4) is 0 Å². The Labute approximate surface area is 162 Å². The third-order valence-electron chi connectivity index (χ3n) is 3.93. The molecule has 0 saturated heterocycles. The summed E-state index contributed by atoms with van der Waals surface area (Å²) in [7, 11) is 3.05. The first-order chi connectivity index (χ1) is 13.6. The highest BCUT2D eigenvalue weighted by Crippen LogP contribution is 2.28. The van der Waals surface area contributed by atoms with Crippen LogP contribution < -0.4 is 20.1 Å². The first-order valence-electron chi connectivity index (χ1n) is 8.39. The molecule has 1 heterocycles. The second kappa shape index (κ2) is 8.56. The van der Waals surface area contributed by atoms with Crippen molar-refractivity contribution in [3.8, 4) is 17.6 Å². The first-order valence-corrected chi connectivity index (χ1v) is 8.39. The number of hydrogen-bond donors (Lipinski definition) is 2. The minimum absolute atomic E-state index is 0.287. The van der Waals surface area contributed by atoms with Gasteiger partial charge in [0.1, 0.15) is 5.82 Å². The molecule has 0 bridgehead atoms. The average Bonchev–Trinajstić information content (AvgIpc) is 2.74.